The number of aliphatic carboxylic acids is 1. The van der Waals surface area contributed by atoms with Crippen LogP contribution in [0.2, 0.25) is 0 Å². The van der Waals surface area contributed by atoms with E-state index in [1.165, 1.54) is 24.3 Å². The third-order valence-corrected chi connectivity index (χ3v) is 3.72. The second-order valence-electron chi connectivity index (χ2n) is 4.88. The minimum absolute atomic E-state index is 0.0336. The molecule has 5 nitrogen and oxygen atoms in total. The van der Waals surface area contributed by atoms with Gasteiger partial charge in [0.1, 0.15) is 5.75 Å². The molecule has 0 bridgehead atoms. The number of rotatable bonds is 8. The maximum Gasteiger partial charge on any atom is 0.387 e. The molecule has 0 fully saturated rings. The second-order valence-corrected chi connectivity index (χ2v) is 4.88. The molecule has 0 aliphatic heterocycles. The SMILES string of the molecule is CCC(CC)(CNC(=O)c1cccc(OC(F)F)c1)C(=O)O. The molecule has 2 N–H and O–H groups in total. The van der Waals surface area contributed by atoms with E-state index in [1.54, 1.807) is 13.8 Å². The number of carbonyl (C=O) groups excluding carboxylic acids is 1. The maximum absolute atomic E-state index is 12.2. The molecule has 1 amide bonds. The van der Waals surface area contributed by atoms with Gasteiger partial charge in [-0.1, -0.05) is 19.9 Å². The monoisotopic (exact) mass is 315 g/mol. The fraction of sp³-hybridized carbons (Fsp3) is 0.467. The average molecular weight is 315 g/mol. The van der Waals surface area contributed by atoms with Crippen LogP contribution in [0.15, 0.2) is 24.3 Å². The molecule has 0 aliphatic carbocycles. The fourth-order valence-electron chi connectivity index (χ4n) is 2.04. The minimum atomic E-state index is -2.97. The average Bonchev–Trinajstić information content (AvgIpc) is 2.47. The van der Waals surface area contributed by atoms with Crippen molar-refractivity contribution in [3.8, 4) is 5.75 Å². The van der Waals surface area contributed by atoms with Crippen LogP contribution in [0, 0.1) is 5.41 Å². The summed E-state index contributed by atoms with van der Waals surface area (Å²) in [5, 5.41) is 11.8. The molecule has 0 aromatic heterocycles. The smallest absolute Gasteiger partial charge is 0.387 e. The Labute approximate surface area is 127 Å². The third-order valence-electron chi connectivity index (χ3n) is 3.72. The van der Waals surface area contributed by atoms with E-state index in [9.17, 15) is 23.5 Å². The third kappa shape index (κ3) is 4.41. The van der Waals surface area contributed by atoms with Crippen molar-refractivity contribution < 1.29 is 28.2 Å². The second kappa shape index (κ2) is 7.72. The van der Waals surface area contributed by atoms with E-state index in [2.05, 4.69) is 10.1 Å². The predicted molar refractivity (Wildman–Crippen MR) is 76.1 cm³/mol. The Kier molecular flexibility index (Phi) is 6.27. The Morgan fingerprint density at radius 2 is 1.95 bits per heavy atom. The van der Waals surface area contributed by atoms with Crippen LogP contribution in [0.1, 0.15) is 37.0 Å². The summed E-state index contributed by atoms with van der Waals surface area (Å²) in [4.78, 5) is 23.4. The van der Waals surface area contributed by atoms with Crippen molar-refractivity contribution in [2.24, 2.45) is 5.41 Å². The number of hydrogen-bond donors (Lipinski definition) is 2. The lowest BCUT2D eigenvalue weighted by molar-refractivity contribution is -0.149. The van der Waals surface area contributed by atoms with Gasteiger partial charge in [0.25, 0.3) is 5.91 Å². The summed E-state index contributed by atoms with van der Waals surface area (Å²) in [5.41, 5.74) is -0.906. The molecule has 7 heteroatoms. The van der Waals surface area contributed by atoms with Gasteiger partial charge in [0, 0.05) is 12.1 Å². The molecule has 122 valence electrons. The van der Waals surface area contributed by atoms with E-state index < -0.39 is 23.9 Å². The van der Waals surface area contributed by atoms with Crippen molar-refractivity contribution in [3.05, 3.63) is 29.8 Å². The molecule has 0 saturated carbocycles. The molecule has 1 aromatic rings. The van der Waals surface area contributed by atoms with Crippen molar-refractivity contribution in [2.75, 3.05) is 6.54 Å². The van der Waals surface area contributed by atoms with Gasteiger partial charge < -0.3 is 15.2 Å². The number of alkyl halides is 2. The number of carbonyl (C=O) groups is 2. The zero-order valence-corrected chi connectivity index (χ0v) is 12.4. The fourth-order valence-corrected chi connectivity index (χ4v) is 2.04. The van der Waals surface area contributed by atoms with Crippen LogP contribution in [0.4, 0.5) is 8.78 Å². The molecule has 0 atom stereocenters. The Bertz CT molecular complexity index is 530. The number of hydrogen-bond acceptors (Lipinski definition) is 3. The van der Waals surface area contributed by atoms with E-state index in [0.717, 1.165) is 0 Å². The number of nitrogens with one attached hydrogen (secondary N) is 1. The highest BCUT2D eigenvalue weighted by Crippen LogP contribution is 2.26. The van der Waals surface area contributed by atoms with Crippen LogP contribution in [0.5, 0.6) is 5.75 Å². The first kappa shape index (κ1) is 17.9. The van der Waals surface area contributed by atoms with E-state index in [4.69, 9.17) is 0 Å². The van der Waals surface area contributed by atoms with Crippen LogP contribution < -0.4 is 10.1 Å². The first-order chi connectivity index (χ1) is 10.3. The predicted octanol–water partition coefficient (Wildman–Crippen LogP) is 2.91. The summed E-state index contributed by atoms with van der Waals surface area (Å²) in [6, 6.07) is 5.34. The first-order valence-electron chi connectivity index (χ1n) is 6.91. The van der Waals surface area contributed by atoms with Gasteiger partial charge in [-0.2, -0.15) is 8.78 Å². The summed E-state index contributed by atoms with van der Waals surface area (Å²) in [6.45, 7) is 0.466. The highest BCUT2D eigenvalue weighted by molar-refractivity contribution is 5.94. The Morgan fingerprint density at radius 3 is 2.45 bits per heavy atom. The van der Waals surface area contributed by atoms with Crippen LogP contribution in [0.25, 0.3) is 0 Å². The van der Waals surface area contributed by atoms with Gasteiger partial charge in [0.15, 0.2) is 0 Å². The summed E-state index contributed by atoms with van der Waals surface area (Å²) < 4.78 is 28.5. The van der Waals surface area contributed by atoms with E-state index >= 15 is 0 Å². The largest absolute Gasteiger partial charge is 0.481 e. The molecule has 1 aromatic carbocycles. The zero-order chi connectivity index (χ0) is 16.8. The van der Waals surface area contributed by atoms with E-state index in [0.29, 0.717) is 12.8 Å². The number of carboxylic acid groups (broad SMARTS) is 1. The van der Waals surface area contributed by atoms with Crippen LogP contribution in [-0.4, -0.2) is 30.1 Å². The summed E-state index contributed by atoms with van der Waals surface area (Å²) >= 11 is 0. The van der Waals surface area contributed by atoms with Gasteiger partial charge in [0.2, 0.25) is 0 Å². The summed E-state index contributed by atoms with van der Waals surface area (Å²) in [5.74, 6) is -1.64. The Balaban J connectivity index is 2.79. The number of halogens is 2. The van der Waals surface area contributed by atoms with Gasteiger partial charge in [0.05, 0.1) is 5.41 Å². The molecule has 22 heavy (non-hydrogen) atoms. The van der Waals surface area contributed by atoms with Gasteiger partial charge in [-0.05, 0) is 31.0 Å². The highest BCUT2D eigenvalue weighted by atomic mass is 19.3. The van der Waals surface area contributed by atoms with Gasteiger partial charge >= 0.3 is 12.6 Å². The van der Waals surface area contributed by atoms with Crippen molar-refractivity contribution in [3.63, 3.8) is 0 Å². The normalized spacial score (nSPS) is 11.3. The summed E-state index contributed by atoms with van der Waals surface area (Å²) in [7, 11) is 0. The zero-order valence-electron chi connectivity index (χ0n) is 12.4. The van der Waals surface area contributed by atoms with Gasteiger partial charge in [-0.3, -0.25) is 9.59 Å². The van der Waals surface area contributed by atoms with Crippen LogP contribution >= 0.6 is 0 Å². The first-order valence-corrected chi connectivity index (χ1v) is 6.91. The summed E-state index contributed by atoms with van der Waals surface area (Å²) in [6.07, 6.45) is 0.737. The molecular formula is C15H19F2NO4. The minimum Gasteiger partial charge on any atom is -0.481 e. The number of carboxylic acids is 1. The standard InChI is InChI=1S/C15H19F2NO4/c1-3-15(4-2,13(20)21)9-18-12(19)10-6-5-7-11(8-10)22-14(16)17/h5-8,14H,3-4,9H2,1-2H3,(H,18,19)(H,20,21). The van der Waals surface area contributed by atoms with E-state index in [1.807, 2.05) is 0 Å². The maximum atomic E-state index is 12.2. The quantitative estimate of drug-likeness (QED) is 0.773. The lowest BCUT2D eigenvalue weighted by Gasteiger charge is -2.26. The Hall–Kier alpha value is -2.18. The topological polar surface area (TPSA) is 75.6 Å². The molecular weight excluding hydrogens is 296 g/mol. The highest BCUT2D eigenvalue weighted by Gasteiger charge is 2.35. The lowest BCUT2D eigenvalue weighted by Crippen LogP contribution is -2.42. The van der Waals surface area contributed by atoms with Crippen molar-refractivity contribution in [2.45, 2.75) is 33.3 Å². The van der Waals surface area contributed by atoms with Crippen molar-refractivity contribution in [1.29, 1.82) is 0 Å². The van der Waals surface area contributed by atoms with Crippen LogP contribution in [0.3, 0.4) is 0 Å². The molecule has 0 unspecified atom stereocenters. The molecule has 0 radical (unpaired) electrons. The number of benzene rings is 1. The number of ether oxygens (including phenoxy) is 1. The number of amides is 1. The van der Waals surface area contributed by atoms with Crippen molar-refractivity contribution in [1.82, 2.24) is 5.32 Å². The molecule has 1 rings (SSSR count). The Morgan fingerprint density at radius 1 is 1.32 bits per heavy atom. The molecule has 0 spiro atoms. The molecule has 0 heterocycles. The van der Waals surface area contributed by atoms with Crippen LogP contribution in [-0.2, 0) is 4.79 Å². The molecule has 0 saturated heterocycles. The van der Waals surface area contributed by atoms with E-state index in [-0.39, 0.29) is 17.9 Å². The van der Waals surface area contributed by atoms with Gasteiger partial charge in [-0.15, -0.1) is 0 Å². The van der Waals surface area contributed by atoms with Crippen molar-refractivity contribution >= 4 is 11.9 Å². The van der Waals surface area contributed by atoms with Gasteiger partial charge in [-0.25, -0.2) is 0 Å². The lowest BCUT2D eigenvalue weighted by atomic mass is 9.82. The molecule has 0 aliphatic rings.